The minimum Gasteiger partial charge on any atom is -0.436 e. The lowest BCUT2D eigenvalue weighted by Crippen LogP contribution is -2.47. The van der Waals surface area contributed by atoms with E-state index in [1.165, 1.54) is 12.3 Å². The van der Waals surface area contributed by atoms with Crippen LogP contribution in [0.5, 0.6) is 0 Å². The molecule has 0 atom stereocenters. The molecule has 1 saturated heterocycles. The predicted octanol–water partition coefficient (Wildman–Crippen LogP) is 3.54. The standard InChI is InChI=1S/C21H20FN3O2/c1-24-10-12-25(13-11-24)21(26)16-7-3-2-6-15(16)20-23-14-19(27-20)17-8-4-5-9-18(17)22/h2-9,14H,10-13H2,1H3. The van der Waals surface area contributed by atoms with Crippen LogP contribution < -0.4 is 0 Å². The Morgan fingerprint density at radius 3 is 2.41 bits per heavy atom. The number of hydrogen-bond donors (Lipinski definition) is 0. The molecule has 1 fully saturated rings. The van der Waals surface area contributed by atoms with Gasteiger partial charge in [-0.05, 0) is 31.3 Å². The largest absolute Gasteiger partial charge is 0.436 e. The lowest BCUT2D eigenvalue weighted by molar-refractivity contribution is 0.0664. The molecule has 0 N–H and O–H groups in total. The number of aromatic nitrogens is 1. The highest BCUT2D eigenvalue weighted by Gasteiger charge is 2.24. The number of halogens is 1. The molecule has 0 saturated carbocycles. The van der Waals surface area contributed by atoms with Gasteiger partial charge in [0.15, 0.2) is 5.76 Å². The van der Waals surface area contributed by atoms with E-state index < -0.39 is 0 Å². The van der Waals surface area contributed by atoms with Crippen LogP contribution in [0.3, 0.4) is 0 Å². The Hall–Kier alpha value is -2.99. The van der Waals surface area contributed by atoms with E-state index in [0.29, 0.717) is 41.4 Å². The van der Waals surface area contributed by atoms with E-state index in [0.717, 1.165) is 13.1 Å². The van der Waals surface area contributed by atoms with Crippen molar-refractivity contribution >= 4 is 5.91 Å². The first-order chi connectivity index (χ1) is 13.1. The number of oxazole rings is 1. The molecule has 2 heterocycles. The first kappa shape index (κ1) is 17.4. The Balaban J connectivity index is 1.66. The second kappa shape index (κ2) is 7.32. The van der Waals surface area contributed by atoms with Crippen LogP contribution in [-0.2, 0) is 0 Å². The summed E-state index contributed by atoms with van der Waals surface area (Å²) in [6, 6.07) is 13.6. The Bertz CT molecular complexity index is 961. The second-order valence-corrected chi connectivity index (χ2v) is 6.65. The van der Waals surface area contributed by atoms with Crippen molar-refractivity contribution in [3.63, 3.8) is 0 Å². The number of carbonyl (C=O) groups excluding carboxylic acids is 1. The molecule has 5 nitrogen and oxygen atoms in total. The van der Waals surface area contributed by atoms with Crippen molar-refractivity contribution in [2.45, 2.75) is 0 Å². The van der Waals surface area contributed by atoms with Gasteiger partial charge in [0.25, 0.3) is 5.91 Å². The van der Waals surface area contributed by atoms with Crippen molar-refractivity contribution in [3.8, 4) is 22.8 Å². The van der Waals surface area contributed by atoms with Crippen LogP contribution in [0.15, 0.2) is 59.1 Å². The Kier molecular flexibility index (Phi) is 4.73. The average Bonchev–Trinajstić information content (AvgIpc) is 3.18. The summed E-state index contributed by atoms with van der Waals surface area (Å²) in [5, 5.41) is 0. The van der Waals surface area contributed by atoms with Crippen LogP contribution in [0, 0.1) is 5.82 Å². The van der Waals surface area contributed by atoms with Gasteiger partial charge in [0.2, 0.25) is 5.89 Å². The maximum absolute atomic E-state index is 14.0. The van der Waals surface area contributed by atoms with Crippen molar-refractivity contribution < 1.29 is 13.6 Å². The molecule has 27 heavy (non-hydrogen) atoms. The number of amides is 1. The molecule has 1 aliphatic rings. The number of nitrogens with zero attached hydrogens (tertiary/aromatic N) is 3. The highest BCUT2D eigenvalue weighted by molar-refractivity contribution is 6.00. The van der Waals surface area contributed by atoms with E-state index in [2.05, 4.69) is 9.88 Å². The van der Waals surface area contributed by atoms with Gasteiger partial charge < -0.3 is 14.2 Å². The highest BCUT2D eigenvalue weighted by Crippen LogP contribution is 2.30. The lowest BCUT2D eigenvalue weighted by Gasteiger charge is -2.32. The summed E-state index contributed by atoms with van der Waals surface area (Å²) < 4.78 is 19.8. The fourth-order valence-electron chi connectivity index (χ4n) is 3.22. The molecule has 0 unspecified atom stereocenters. The van der Waals surface area contributed by atoms with E-state index in [4.69, 9.17) is 4.42 Å². The summed E-state index contributed by atoms with van der Waals surface area (Å²) in [5.74, 6) is 0.239. The number of carbonyl (C=O) groups is 1. The van der Waals surface area contributed by atoms with Crippen molar-refractivity contribution in [2.24, 2.45) is 0 Å². The van der Waals surface area contributed by atoms with Crippen molar-refractivity contribution in [1.29, 1.82) is 0 Å². The summed E-state index contributed by atoms with van der Waals surface area (Å²) in [7, 11) is 2.05. The maximum Gasteiger partial charge on any atom is 0.254 e. The lowest BCUT2D eigenvalue weighted by atomic mass is 10.1. The van der Waals surface area contributed by atoms with Crippen LogP contribution in [-0.4, -0.2) is 53.9 Å². The van der Waals surface area contributed by atoms with E-state index in [1.54, 1.807) is 30.3 Å². The van der Waals surface area contributed by atoms with E-state index in [-0.39, 0.29) is 11.7 Å². The molecule has 6 heteroatoms. The van der Waals surface area contributed by atoms with Crippen molar-refractivity contribution in [3.05, 3.63) is 66.1 Å². The van der Waals surface area contributed by atoms with Gasteiger partial charge in [0, 0.05) is 31.7 Å². The monoisotopic (exact) mass is 365 g/mol. The summed E-state index contributed by atoms with van der Waals surface area (Å²) >= 11 is 0. The molecule has 0 spiro atoms. The van der Waals surface area contributed by atoms with Crippen molar-refractivity contribution in [1.82, 2.24) is 14.8 Å². The molecule has 138 valence electrons. The first-order valence-electron chi connectivity index (χ1n) is 8.91. The molecular formula is C21H20FN3O2. The third kappa shape index (κ3) is 3.48. The van der Waals surface area contributed by atoms with Crippen LogP contribution in [0.1, 0.15) is 10.4 Å². The Morgan fingerprint density at radius 2 is 1.67 bits per heavy atom. The normalized spacial score (nSPS) is 15.1. The SMILES string of the molecule is CN1CCN(C(=O)c2ccccc2-c2ncc(-c3ccccc3F)o2)CC1. The predicted molar refractivity (Wildman–Crippen MR) is 101 cm³/mol. The molecule has 1 aliphatic heterocycles. The van der Waals surface area contributed by atoms with Crippen LogP contribution >= 0.6 is 0 Å². The average molecular weight is 365 g/mol. The fourth-order valence-corrected chi connectivity index (χ4v) is 3.22. The third-order valence-electron chi connectivity index (χ3n) is 4.82. The topological polar surface area (TPSA) is 49.6 Å². The number of benzene rings is 2. The zero-order chi connectivity index (χ0) is 18.8. The van der Waals surface area contributed by atoms with E-state index >= 15 is 0 Å². The third-order valence-corrected chi connectivity index (χ3v) is 4.82. The van der Waals surface area contributed by atoms with Crippen LogP contribution in [0.25, 0.3) is 22.8 Å². The highest BCUT2D eigenvalue weighted by atomic mass is 19.1. The molecule has 1 amide bonds. The summed E-state index contributed by atoms with van der Waals surface area (Å²) in [4.78, 5) is 21.3. The van der Waals surface area contributed by atoms with Gasteiger partial charge in [-0.15, -0.1) is 0 Å². The van der Waals surface area contributed by atoms with Gasteiger partial charge in [-0.2, -0.15) is 0 Å². The van der Waals surface area contributed by atoms with Gasteiger partial charge in [-0.3, -0.25) is 4.79 Å². The number of hydrogen-bond acceptors (Lipinski definition) is 4. The molecule has 0 radical (unpaired) electrons. The quantitative estimate of drug-likeness (QED) is 0.712. The second-order valence-electron chi connectivity index (χ2n) is 6.65. The fraction of sp³-hybridized carbons (Fsp3) is 0.238. The van der Waals surface area contributed by atoms with Crippen molar-refractivity contribution in [2.75, 3.05) is 33.2 Å². The Labute approximate surface area is 157 Å². The van der Waals surface area contributed by atoms with Gasteiger partial charge in [0.1, 0.15) is 5.82 Å². The molecule has 4 rings (SSSR count). The van der Waals surface area contributed by atoms with E-state index in [1.807, 2.05) is 24.1 Å². The molecule has 2 aromatic carbocycles. The van der Waals surface area contributed by atoms with Gasteiger partial charge >= 0.3 is 0 Å². The molecule has 0 bridgehead atoms. The minimum atomic E-state index is -0.373. The van der Waals surface area contributed by atoms with Crippen LogP contribution in [0.4, 0.5) is 4.39 Å². The summed E-state index contributed by atoms with van der Waals surface area (Å²) in [6.45, 7) is 3.08. The Morgan fingerprint density at radius 1 is 1.00 bits per heavy atom. The molecule has 1 aromatic heterocycles. The van der Waals surface area contributed by atoms with E-state index in [9.17, 15) is 9.18 Å². The van der Waals surface area contributed by atoms with Gasteiger partial charge in [-0.1, -0.05) is 24.3 Å². The maximum atomic E-state index is 14.0. The zero-order valence-corrected chi connectivity index (χ0v) is 15.1. The number of likely N-dealkylation sites (N-methyl/N-ethyl adjacent to an activating group) is 1. The van der Waals surface area contributed by atoms with Crippen LogP contribution in [0.2, 0.25) is 0 Å². The zero-order valence-electron chi connectivity index (χ0n) is 15.1. The minimum absolute atomic E-state index is 0.0376. The van der Waals surface area contributed by atoms with Gasteiger partial charge in [-0.25, -0.2) is 9.37 Å². The smallest absolute Gasteiger partial charge is 0.254 e. The number of rotatable bonds is 3. The summed E-state index contributed by atoms with van der Waals surface area (Å²) in [6.07, 6.45) is 1.49. The first-order valence-corrected chi connectivity index (χ1v) is 8.91. The molecule has 3 aromatic rings. The number of piperazine rings is 1. The summed E-state index contributed by atoms with van der Waals surface area (Å²) in [5.41, 5.74) is 1.51. The molecule has 0 aliphatic carbocycles. The molecular weight excluding hydrogens is 345 g/mol. The van der Waals surface area contributed by atoms with Gasteiger partial charge in [0.05, 0.1) is 17.3 Å².